The quantitative estimate of drug-likeness (QED) is 0.738. The molecule has 1 saturated heterocycles. The van der Waals surface area contributed by atoms with Crippen molar-refractivity contribution in [2.24, 2.45) is 5.92 Å². The van der Waals surface area contributed by atoms with Crippen LogP contribution in [0.2, 0.25) is 0 Å². The van der Waals surface area contributed by atoms with Crippen LogP contribution in [0.3, 0.4) is 0 Å². The van der Waals surface area contributed by atoms with E-state index >= 15 is 0 Å². The zero-order chi connectivity index (χ0) is 17.9. The molecular weight excluding hydrogens is 360 g/mol. The van der Waals surface area contributed by atoms with Crippen molar-refractivity contribution < 1.29 is 13.2 Å². The summed E-state index contributed by atoms with van der Waals surface area (Å²) in [5.41, 5.74) is 2.11. The number of sulfonamides is 1. The molecule has 1 aliphatic heterocycles. The van der Waals surface area contributed by atoms with Crippen molar-refractivity contribution in [3.05, 3.63) is 29.6 Å². The molecule has 1 aliphatic rings. The molecule has 9 heteroatoms. The molecule has 2 aromatic rings. The predicted octanol–water partition coefficient (Wildman–Crippen LogP) is 2.12. The molecule has 7 nitrogen and oxygen atoms in total. The summed E-state index contributed by atoms with van der Waals surface area (Å²) in [6.45, 7) is 1.74. The van der Waals surface area contributed by atoms with Crippen LogP contribution in [0.25, 0.3) is 11.3 Å². The minimum Gasteiger partial charge on any atom is -0.317 e. The molecule has 3 rings (SSSR count). The molecule has 0 unspecified atom stereocenters. The molecule has 0 aliphatic carbocycles. The summed E-state index contributed by atoms with van der Waals surface area (Å²) < 4.78 is 24.9. The number of hydrogen-bond donors (Lipinski definition) is 3. The zero-order valence-electron chi connectivity index (χ0n) is 13.8. The highest BCUT2D eigenvalue weighted by atomic mass is 32.2. The van der Waals surface area contributed by atoms with Gasteiger partial charge in [-0.25, -0.2) is 13.4 Å². The molecule has 0 spiro atoms. The van der Waals surface area contributed by atoms with E-state index in [1.54, 1.807) is 24.3 Å². The van der Waals surface area contributed by atoms with Gasteiger partial charge < -0.3 is 10.6 Å². The molecule has 25 heavy (non-hydrogen) atoms. The van der Waals surface area contributed by atoms with Gasteiger partial charge in [-0.2, -0.15) is 0 Å². The number of amides is 1. The normalized spacial score (nSPS) is 15.7. The fourth-order valence-corrected chi connectivity index (χ4v) is 3.97. The molecule has 3 N–H and O–H groups in total. The van der Waals surface area contributed by atoms with Crippen LogP contribution >= 0.6 is 11.3 Å². The fourth-order valence-electron chi connectivity index (χ4n) is 2.68. The Kier molecular flexibility index (Phi) is 5.36. The van der Waals surface area contributed by atoms with Crippen molar-refractivity contribution in [2.75, 3.05) is 29.4 Å². The molecule has 134 valence electrons. The van der Waals surface area contributed by atoms with Crippen LogP contribution < -0.4 is 15.4 Å². The Morgan fingerprint density at radius 3 is 2.56 bits per heavy atom. The van der Waals surface area contributed by atoms with E-state index in [-0.39, 0.29) is 11.8 Å². The van der Waals surface area contributed by atoms with Gasteiger partial charge in [0.1, 0.15) is 0 Å². The number of nitrogens with one attached hydrogen (secondary N) is 3. The average Bonchev–Trinajstić information content (AvgIpc) is 3.03. The third-order valence-corrected chi connectivity index (χ3v) is 5.29. The second kappa shape index (κ2) is 7.51. The topological polar surface area (TPSA) is 100 Å². The van der Waals surface area contributed by atoms with Crippen LogP contribution in [0.1, 0.15) is 12.8 Å². The van der Waals surface area contributed by atoms with Crippen LogP contribution in [0.15, 0.2) is 29.6 Å². The second-order valence-electron chi connectivity index (χ2n) is 6.00. The van der Waals surface area contributed by atoms with Crippen LogP contribution in [-0.2, 0) is 14.8 Å². The lowest BCUT2D eigenvalue weighted by molar-refractivity contribution is -0.120. The van der Waals surface area contributed by atoms with Crippen molar-refractivity contribution in [3.63, 3.8) is 0 Å². The van der Waals surface area contributed by atoms with E-state index in [1.165, 1.54) is 11.3 Å². The van der Waals surface area contributed by atoms with Crippen LogP contribution in [0.4, 0.5) is 10.8 Å². The maximum atomic E-state index is 12.3. The lowest BCUT2D eigenvalue weighted by atomic mass is 9.97. The highest BCUT2D eigenvalue weighted by molar-refractivity contribution is 7.92. The SMILES string of the molecule is CS(=O)(=O)Nc1ccc(-c2csc(NC(=O)C3CCNCC3)n2)cc1. The zero-order valence-corrected chi connectivity index (χ0v) is 15.4. The van der Waals surface area contributed by atoms with Crippen molar-refractivity contribution in [1.82, 2.24) is 10.3 Å². The summed E-state index contributed by atoms with van der Waals surface area (Å²) in [6, 6.07) is 6.95. The molecule has 0 saturated carbocycles. The molecule has 1 aromatic heterocycles. The highest BCUT2D eigenvalue weighted by Crippen LogP contribution is 2.27. The average molecular weight is 380 g/mol. The molecule has 1 aromatic carbocycles. The van der Waals surface area contributed by atoms with Gasteiger partial charge >= 0.3 is 0 Å². The van der Waals surface area contributed by atoms with Gasteiger partial charge in [0.15, 0.2) is 5.13 Å². The maximum Gasteiger partial charge on any atom is 0.229 e. The Morgan fingerprint density at radius 1 is 1.24 bits per heavy atom. The van der Waals surface area contributed by atoms with Crippen molar-refractivity contribution >= 4 is 38.1 Å². The summed E-state index contributed by atoms with van der Waals surface area (Å²) >= 11 is 1.38. The van der Waals surface area contributed by atoms with E-state index in [0.717, 1.165) is 43.4 Å². The van der Waals surface area contributed by atoms with Crippen molar-refractivity contribution in [3.8, 4) is 11.3 Å². The van der Waals surface area contributed by atoms with Gasteiger partial charge in [0, 0.05) is 22.5 Å². The molecule has 0 atom stereocenters. The number of hydrogen-bond acceptors (Lipinski definition) is 6. The lowest BCUT2D eigenvalue weighted by Crippen LogP contribution is -2.34. The van der Waals surface area contributed by atoms with Crippen LogP contribution in [0, 0.1) is 5.92 Å². The first kappa shape index (κ1) is 17.8. The van der Waals surface area contributed by atoms with Crippen LogP contribution in [0.5, 0.6) is 0 Å². The third-order valence-electron chi connectivity index (χ3n) is 3.93. The van der Waals surface area contributed by atoms with Gasteiger partial charge in [-0.3, -0.25) is 9.52 Å². The summed E-state index contributed by atoms with van der Waals surface area (Å²) in [6.07, 6.45) is 2.80. The minimum atomic E-state index is -3.29. The number of carbonyl (C=O) groups is 1. The number of carbonyl (C=O) groups excluding carboxylic acids is 1. The van der Waals surface area contributed by atoms with Gasteiger partial charge in [-0.1, -0.05) is 12.1 Å². The smallest absolute Gasteiger partial charge is 0.229 e. The first-order chi connectivity index (χ1) is 11.9. The highest BCUT2D eigenvalue weighted by Gasteiger charge is 2.21. The van der Waals surface area contributed by atoms with E-state index in [9.17, 15) is 13.2 Å². The van der Waals surface area contributed by atoms with Gasteiger partial charge in [-0.15, -0.1) is 11.3 Å². The van der Waals surface area contributed by atoms with E-state index in [4.69, 9.17) is 0 Å². The number of anilines is 2. The maximum absolute atomic E-state index is 12.3. The van der Waals surface area contributed by atoms with Crippen LogP contribution in [-0.4, -0.2) is 38.7 Å². The summed E-state index contributed by atoms with van der Waals surface area (Å²) in [7, 11) is -3.29. The van der Waals surface area contributed by atoms with E-state index in [2.05, 4.69) is 20.3 Å². The number of benzene rings is 1. The fraction of sp³-hybridized carbons (Fsp3) is 0.375. The molecule has 0 radical (unpaired) electrons. The number of rotatable bonds is 5. The Bertz CT molecular complexity index is 841. The predicted molar refractivity (Wildman–Crippen MR) is 100 cm³/mol. The standard InChI is InChI=1S/C16H20N4O3S2/c1-25(22,23)20-13-4-2-11(3-5-13)14-10-24-16(18-14)19-15(21)12-6-8-17-9-7-12/h2-5,10,12,17,20H,6-9H2,1H3,(H,18,19,21). The molecule has 1 amide bonds. The molecule has 1 fully saturated rings. The number of piperidine rings is 1. The monoisotopic (exact) mass is 380 g/mol. The van der Waals surface area contributed by atoms with E-state index in [1.807, 2.05) is 5.38 Å². The van der Waals surface area contributed by atoms with E-state index in [0.29, 0.717) is 10.8 Å². The Hall–Kier alpha value is -1.97. The second-order valence-corrected chi connectivity index (χ2v) is 8.61. The Balaban J connectivity index is 1.65. The van der Waals surface area contributed by atoms with Crippen molar-refractivity contribution in [1.29, 1.82) is 0 Å². The molecule has 0 bridgehead atoms. The Labute approximate surface area is 150 Å². The molecule has 2 heterocycles. The summed E-state index contributed by atoms with van der Waals surface area (Å²) in [5.74, 6) is 0.0602. The van der Waals surface area contributed by atoms with Crippen molar-refractivity contribution in [2.45, 2.75) is 12.8 Å². The number of nitrogens with zero attached hydrogens (tertiary/aromatic N) is 1. The largest absolute Gasteiger partial charge is 0.317 e. The van der Waals surface area contributed by atoms with Gasteiger partial charge in [0.2, 0.25) is 15.9 Å². The third kappa shape index (κ3) is 5.00. The Morgan fingerprint density at radius 2 is 1.92 bits per heavy atom. The van der Waals surface area contributed by atoms with Gasteiger partial charge in [0.05, 0.1) is 11.9 Å². The number of aromatic nitrogens is 1. The van der Waals surface area contributed by atoms with E-state index < -0.39 is 10.0 Å². The molecular formula is C16H20N4O3S2. The summed E-state index contributed by atoms with van der Waals surface area (Å²) in [4.78, 5) is 16.7. The summed E-state index contributed by atoms with van der Waals surface area (Å²) in [5, 5.41) is 8.59. The lowest BCUT2D eigenvalue weighted by Gasteiger charge is -2.20. The minimum absolute atomic E-state index is 0.0232. The van der Waals surface area contributed by atoms with Gasteiger partial charge in [-0.05, 0) is 38.1 Å². The number of thiazole rings is 1. The van der Waals surface area contributed by atoms with Gasteiger partial charge in [0.25, 0.3) is 0 Å². The first-order valence-electron chi connectivity index (χ1n) is 7.96. The first-order valence-corrected chi connectivity index (χ1v) is 10.7.